The van der Waals surface area contributed by atoms with Gasteiger partial charge in [0.1, 0.15) is 5.82 Å². The molecule has 0 unspecified atom stereocenters. The molecule has 19 heavy (non-hydrogen) atoms. The molecule has 0 radical (unpaired) electrons. The van der Waals surface area contributed by atoms with Crippen molar-refractivity contribution in [3.8, 4) is 11.5 Å². The summed E-state index contributed by atoms with van der Waals surface area (Å²) in [6.07, 6.45) is 1.88. The van der Waals surface area contributed by atoms with Gasteiger partial charge in [0.25, 0.3) is 5.89 Å². The predicted octanol–water partition coefficient (Wildman–Crippen LogP) is 1.90. The molecule has 1 fully saturated rings. The first-order chi connectivity index (χ1) is 9.24. The van der Waals surface area contributed by atoms with Gasteiger partial charge in [0, 0.05) is 5.92 Å². The minimum atomic E-state index is -0.417. The highest BCUT2D eigenvalue weighted by molar-refractivity contribution is 5.80. The summed E-state index contributed by atoms with van der Waals surface area (Å²) < 4.78 is 18.8. The Bertz CT molecular complexity index is 607. The molecule has 1 saturated carbocycles. The van der Waals surface area contributed by atoms with E-state index in [9.17, 15) is 9.18 Å². The molecule has 0 saturated heterocycles. The first-order valence-electron chi connectivity index (χ1n) is 6.09. The second kappa shape index (κ2) is 4.79. The van der Waals surface area contributed by atoms with Gasteiger partial charge in [0.15, 0.2) is 0 Å². The van der Waals surface area contributed by atoms with Crippen LogP contribution >= 0.6 is 0 Å². The van der Waals surface area contributed by atoms with Crippen molar-refractivity contribution in [3.05, 3.63) is 36.0 Å². The van der Waals surface area contributed by atoms with Crippen LogP contribution in [0.15, 0.2) is 28.7 Å². The van der Waals surface area contributed by atoms with Gasteiger partial charge in [-0.05, 0) is 25.0 Å². The molecule has 1 aliphatic carbocycles. The van der Waals surface area contributed by atoms with Crippen LogP contribution < -0.4 is 5.32 Å². The molecule has 0 aliphatic heterocycles. The molecule has 2 aromatic rings. The van der Waals surface area contributed by atoms with E-state index in [-0.39, 0.29) is 35.7 Å². The predicted molar refractivity (Wildman–Crippen MR) is 64.3 cm³/mol. The van der Waals surface area contributed by atoms with Crippen molar-refractivity contribution in [3.63, 3.8) is 0 Å². The lowest BCUT2D eigenvalue weighted by Crippen LogP contribution is -2.24. The number of nitrogens with one attached hydrogen (secondary N) is 1. The number of halogens is 1. The van der Waals surface area contributed by atoms with E-state index in [2.05, 4.69) is 15.5 Å². The molecule has 0 atom stereocenters. The van der Waals surface area contributed by atoms with Crippen LogP contribution in [0.4, 0.5) is 4.39 Å². The van der Waals surface area contributed by atoms with E-state index in [4.69, 9.17) is 4.42 Å². The number of amides is 1. The van der Waals surface area contributed by atoms with Crippen molar-refractivity contribution >= 4 is 5.91 Å². The molecule has 1 amide bonds. The average Bonchev–Trinajstić information content (AvgIpc) is 3.16. The summed E-state index contributed by atoms with van der Waals surface area (Å²) in [6, 6.07) is 6.17. The SMILES string of the molecule is O=C(NCc1nnc(-c2ccccc2F)o1)C1CC1. The summed E-state index contributed by atoms with van der Waals surface area (Å²) >= 11 is 0. The summed E-state index contributed by atoms with van der Waals surface area (Å²) in [7, 11) is 0. The van der Waals surface area contributed by atoms with E-state index in [1.54, 1.807) is 18.2 Å². The minimum absolute atomic E-state index is 0.00522. The Hall–Kier alpha value is -2.24. The molecule has 0 spiro atoms. The minimum Gasteiger partial charge on any atom is -0.419 e. The highest BCUT2D eigenvalue weighted by atomic mass is 19.1. The fourth-order valence-electron chi connectivity index (χ4n) is 1.72. The van der Waals surface area contributed by atoms with Gasteiger partial charge in [-0.1, -0.05) is 12.1 Å². The van der Waals surface area contributed by atoms with Gasteiger partial charge in [-0.15, -0.1) is 10.2 Å². The molecule has 1 aromatic carbocycles. The van der Waals surface area contributed by atoms with Crippen LogP contribution in [-0.2, 0) is 11.3 Å². The number of rotatable bonds is 4. The Balaban J connectivity index is 1.69. The highest BCUT2D eigenvalue weighted by Crippen LogP contribution is 2.28. The van der Waals surface area contributed by atoms with Crippen molar-refractivity contribution in [1.82, 2.24) is 15.5 Å². The number of hydrogen-bond donors (Lipinski definition) is 1. The molecular formula is C13H12FN3O2. The van der Waals surface area contributed by atoms with Crippen molar-refractivity contribution in [2.45, 2.75) is 19.4 Å². The van der Waals surface area contributed by atoms with E-state index >= 15 is 0 Å². The van der Waals surface area contributed by atoms with Gasteiger partial charge in [-0.2, -0.15) is 0 Å². The van der Waals surface area contributed by atoms with E-state index in [1.165, 1.54) is 6.07 Å². The summed E-state index contributed by atoms with van der Waals surface area (Å²) in [5.41, 5.74) is 0.259. The lowest BCUT2D eigenvalue weighted by Gasteiger charge is -1.99. The second-order valence-electron chi connectivity index (χ2n) is 4.47. The fourth-order valence-corrected chi connectivity index (χ4v) is 1.72. The standard InChI is InChI=1S/C13H12FN3O2/c14-10-4-2-1-3-9(10)13-17-16-11(19-13)7-15-12(18)8-5-6-8/h1-4,8H,5-7H2,(H,15,18). The first-order valence-corrected chi connectivity index (χ1v) is 6.09. The monoisotopic (exact) mass is 261 g/mol. The molecule has 1 heterocycles. The van der Waals surface area contributed by atoms with E-state index < -0.39 is 5.82 Å². The lowest BCUT2D eigenvalue weighted by atomic mass is 10.2. The summed E-state index contributed by atoms with van der Waals surface area (Å²) in [4.78, 5) is 11.4. The van der Waals surface area contributed by atoms with Crippen LogP contribution in [0.2, 0.25) is 0 Å². The maximum absolute atomic E-state index is 13.5. The third-order valence-electron chi connectivity index (χ3n) is 2.93. The lowest BCUT2D eigenvalue weighted by molar-refractivity contribution is -0.122. The maximum Gasteiger partial charge on any atom is 0.250 e. The van der Waals surface area contributed by atoms with Gasteiger partial charge in [-0.3, -0.25) is 4.79 Å². The summed E-state index contributed by atoms with van der Waals surface area (Å²) in [5, 5.41) is 10.3. The number of nitrogens with zero attached hydrogens (tertiary/aromatic N) is 2. The van der Waals surface area contributed by atoms with E-state index in [1.807, 2.05) is 0 Å². The van der Waals surface area contributed by atoms with E-state index in [0.29, 0.717) is 0 Å². The number of carbonyl (C=O) groups excluding carboxylic acids is 1. The number of carbonyl (C=O) groups is 1. The Morgan fingerprint density at radius 2 is 2.16 bits per heavy atom. The van der Waals surface area contributed by atoms with E-state index in [0.717, 1.165) is 12.8 Å². The first kappa shape index (κ1) is 11.8. The van der Waals surface area contributed by atoms with Crippen LogP contribution in [0.5, 0.6) is 0 Å². The molecule has 5 nitrogen and oxygen atoms in total. The van der Waals surface area contributed by atoms with Crippen LogP contribution in [0, 0.1) is 11.7 Å². The van der Waals surface area contributed by atoms with Crippen LogP contribution in [0.1, 0.15) is 18.7 Å². The highest BCUT2D eigenvalue weighted by Gasteiger charge is 2.29. The van der Waals surface area contributed by atoms with Crippen molar-refractivity contribution in [2.24, 2.45) is 5.92 Å². The van der Waals surface area contributed by atoms with Gasteiger partial charge >= 0.3 is 0 Å². The number of benzene rings is 1. The zero-order valence-electron chi connectivity index (χ0n) is 10.1. The Morgan fingerprint density at radius 1 is 1.37 bits per heavy atom. The second-order valence-corrected chi connectivity index (χ2v) is 4.47. The molecule has 6 heteroatoms. The molecule has 1 N–H and O–H groups in total. The van der Waals surface area contributed by atoms with Gasteiger partial charge in [-0.25, -0.2) is 4.39 Å². The number of aromatic nitrogens is 2. The van der Waals surface area contributed by atoms with Crippen molar-refractivity contribution < 1.29 is 13.6 Å². The molecule has 1 aromatic heterocycles. The van der Waals surface area contributed by atoms with Crippen LogP contribution in [0.25, 0.3) is 11.5 Å². The van der Waals surface area contributed by atoms with Gasteiger partial charge < -0.3 is 9.73 Å². The number of hydrogen-bond acceptors (Lipinski definition) is 4. The molecule has 0 bridgehead atoms. The quantitative estimate of drug-likeness (QED) is 0.912. The molecule has 3 rings (SSSR count). The molecule has 98 valence electrons. The Morgan fingerprint density at radius 3 is 2.89 bits per heavy atom. The maximum atomic E-state index is 13.5. The van der Waals surface area contributed by atoms with Crippen LogP contribution in [0.3, 0.4) is 0 Å². The zero-order chi connectivity index (χ0) is 13.2. The van der Waals surface area contributed by atoms with Crippen LogP contribution in [-0.4, -0.2) is 16.1 Å². The Labute approximate surface area is 108 Å². The molecule has 1 aliphatic rings. The normalized spacial score (nSPS) is 14.4. The van der Waals surface area contributed by atoms with Gasteiger partial charge in [0.05, 0.1) is 12.1 Å². The Kier molecular flexibility index (Phi) is 2.98. The third kappa shape index (κ3) is 2.62. The van der Waals surface area contributed by atoms with Crippen molar-refractivity contribution in [2.75, 3.05) is 0 Å². The molecular weight excluding hydrogens is 249 g/mol. The smallest absolute Gasteiger partial charge is 0.250 e. The summed E-state index contributed by atoms with van der Waals surface area (Å²) in [5.74, 6) is 0.111. The largest absolute Gasteiger partial charge is 0.419 e. The fraction of sp³-hybridized carbons (Fsp3) is 0.308. The summed E-state index contributed by atoms with van der Waals surface area (Å²) in [6.45, 7) is 0.177. The average molecular weight is 261 g/mol. The zero-order valence-corrected chi connectivity index (χ0v) is 10.1. The third-order valence-corrected chi connectivity index (χ3v) is 2.93. The topological polar surface area (TPSA) is 68.0 Å². The van der Waals surface area contributed by atoms with Crippen molar-refractivity contribution in [1.29, 1.82) is 0 Å². The van der Waals surface area contributed by atoms with Gasteiger partial charge in [0.2, 0.25) is 11.8 Å².